The Kier molecular flexibility index (Phi) is 4.80. The monoisotopic (exact) mass is 311 g/mol. The van der Waals surface area contributed by atoms with E-state index < -0.39 is 0 Å². The SMILES string of the molecule is Cc1ccnc(N2CCC(C(=O)NCc3ccccn3)CC2)n1. The van der Waals surface area contributed by atoms with Crippen molar-refractivity contribution in [3.63, 3.8) is 0 Å². The summed E-state index contributed by atoms with van der Waals surface area (Å²) in [4.78, 5) is 27.4. The van der Waals surface area contributed by atoms with Crippen LogP contribution in [0.5, 0.6) is 0 Å². The fourth-order valence-electron chi connectivity index (χ4n) is 2.75. The summed E-state index contributed by atoms with van der Waals surface area (Å²) in [6.07, 6.45) is 5.17. The summed E-state index contributed by atoms with van der Waals surface area (Å²) in [5.41, 5.74) is 1.84. The predicted molar refractivity (Wildman–Crippen MR) is 87.8 cm³/mol. The maximum atomic E-state index is 12.3. The van der Waals surface area contributed by atoms with Crippen molar-refractivity contribution in [2.45, 2.75) is 26.3 Å². The van der Waals surface area contributed by atoms with Crippen LogP contribution >= 0.6 is 0 Å². The molecule has 1 N–H and O–H groups in total. The van der Waals surface area contributed by atoms with E-state index in [0.717, 1.165) is 43.3 Å². The summed E-state index contributed by atoms with van der Waals surface area (Å²) in [6, 6.07) is 7.60. The highest BCUT2D eigenvalue weighted by atomic mass is 16.1. The Hall–Kier alpha value is -2.50. The lowest BCUT2D eigenvalue weighted by Crippen LogP contribution is -2.41. The molecule has 0 bridgehead atoms. The lowest BCUT2D eigenvalue weighted by Gasteiger charge is -2.31. The molecule has 0 atom stereocenters. The summed E-state index contributed by atoms with van der Waals surface area (Å²) < 4.78 is 0. The normalized spacial score (nSPS) is 15.4. The first-order chi connectivity index (χ1) is 11.2. The number of nitrogens with one attached hydrogen (secondary N) is 1. The third kappa shape index (κ3) is 4.03. The second-order valence-electron chi connectivity index (χ2n) is 5.80. The highest BCUT2D eigenvalue weighted by Crippen LogP contribution is 2.20. The van der Waals surface area contributed by atoms with Gasteiger partial charge in [0.15, 0.2) is 0 Å². The van der Waals surface area contributed by atoms with Gasteiger partial charge in [-0.25, -0.2) is 9.97 Å². The molecule has 2 aromatic heterocycles. The second-order valence-corrected chi connectivity index (χ2v) is 5.80. The van der Waals surface area contributed by atoms with E-state index in [1.54, 1.807) is 12.4 Å². The van der Waals surface area contributed by atoms with Gasteiger partial charge in [-0.2, -0.15) is 0 Å². The Labute approximate surface area is 136 Å². The second kappa shape index (κ2) is 7.17. The Morgan fingerprint density at radius 3 is 2.74 bits per heavy atom. The van der Waals surface area contributed by atoms with Crippen LogP contribution in [-0.4, -0.2) is 33.9 Å². The van der Waals surface area contributed by atoms with Gasteiger partial charge in [-0.1, -0.05) is 6.07 Å². The van der Waals surface area contributed by atoms with Gasteiger partial charge in [0.25, 0.3) is 0 Å². The molecular weight excluding hydrogens is 290 g/mol. The van der Waals surface area contributed by atoms with Crippen LogP contribution in [0.2, 0.25) is 0 Å². The van der Waals surface area contributed by atoms with Crippen molar-refractivity contribution in [2.24, 2.45) is 5.92 Å². The molecule has 0 radical (unpaired) electrons. The fourth-order valence-corrected chi connectivity index (χ4v) is 2.75. The molecule has 23 heavy (non-hydrogen) atoms. The highest BCUT2D eigenvalue weighted by molar-refractivity contribution is 5.78. The van der Waals surface area contributed by atoms with E-state index in [4.69, 9.17) is 0 Å². The molecule has 0 unspecified atom stereocenters. The van der Waals surface area contributed by atoms with Crippen molar-refractivity contribution >= 4 is 11.9 Å². The lowest BCUT2D eigenvalue weighted by atomic mass is 9.96. The van der Waals surface area contributed by atoms with Gasteiger partial charge in [0, 0.05) is 37.1 Å². The van der Waals surface area contributed by atoms with Crippen molar-refractivity contribution in [3.05, 3.63) is 48.0 Å². The number of hydrogen-bond donors (Lipinski definition) is 1. The van der Waals surface area contributed by atoms with Crippen LogP contribution in [0.25, 0.3) is 0 Å². The molecular formula is C17H21N5O. The number of aryl methyl sites for hydroxylation is 1. The summed E-state index contributed by atoms with van der Waals surface area (Å²) in [6.45, 7) is 4.07. The van der Waals surface area contributed by atoms with E-state index in [2.05, 4.69) is 25.2 Å². The average Bonchev–Trinajstić information content (AvgIpc) is 2.61. The highest BCUT2D eigenvalue weighted by Gasteiger charge is 2.25. The number of nitrogens with zero attached hydrogens (tertiary/aromatic N) is 4. The van der Waals surface area contributed by atoms with Gasteiger partial charge in [0.1, 0.15) is 0 Å². The van der Waals surface area contributed by atoms with Crippen molar-refractivity contribution in [2.75, 3.05) is 18.0 Å². The Balaban J connectivity index is 1.49. The molecule has 1 aliphatic rings. The number of piperidine rings is 1. The van der Waals surface area contributed by atoms with Crippen molar-refractivity contribution in [1.82, 2.24) is 20.3 Å². The van der Waals surface area contributed by atoms with Gasteiger partial charge in [-0.15, -0.1) is 0 Å². The summed E-state index contributed by atoms with van der Waals surface area (Å²) in [7, 11) is 0. The number of aromatic nitrogens is 3. The van der Waals surface area contributed by atoms with E-state index >= 15 is 0 Å². The minimum absolute atomic E-state index is 0.0553. The quantitative estimate of drug-likeness (QED) is 0.931. The maximum absolute atomic E-state index is 12.3. The number of carbonyl (C=O) groups excluding carboxylic acids is 1. The third-order valence-electron chi connectivity index (χ3n) is 4.10. The zero-order chi connectivity index (χ0) is 16.1. The van der Waals surface area contributed by atoms with Crippen molar-refractivity contribution in [3.8, 4) is 0 Å². The molecule has 0 aliphatic carbocycles. The summed E-state index contributed by atoms with van der Waals surface area (Å²) >= 11 is 0. The number of anilines is 1. The van der Waals surface area contributed by atoms with E-state index in [1.165, 1.54) is 0 Å². The van der Waals surface area contributed by atoms with Gasteiger partial charge in [0.05, 0.1) is 12.2 Å². The third-order valence-corrected chi connectivity index (χ3v) is 4.10. The van der Waals surface area contributed by atoms with Crippen molar-refractivity contribution in [1.29, 1.82) is 0 Å². The van der Waals surface area contributed by atoms with Crippen LogP contribution in [0.15, 0.2) is 36.7 Å². The molecule has 1 amide bonds. The maximum Gasteiger partial charge on any atom is 0.225 e. The van der Waals surface area contributed by atoms with Crippen LogP contribution < -0.4 is 10.2 Å². The van der Waals surface area contributed by atoms with Crippen LogP contribution in [0, 0.1) is 12.8 Å². The molecule has 120 valence electrons. The van der Waals surface area contributed by atoms with E-state index in [-0.39, 0.29) is 11.8 Å². The van der Waals surface area contributed by atoms with Gasteiger partial charge in [-0.05, 0) is 38.0 Å². The number of carbonyl (C=O) groups is 1. The Morgan fingerprint density at radius 1 is 1.22 bits per heavy atom. The zero-order valence-electron chi connectivity index (χ0n) is 13.3. The molecule has 2 aromatic rings. The standard InChI is InChI=1S/C17H21N5O/c1-13-5-9-19-17(21-13)22-10-6-14(7-11-22)16(23)20-12-15-4-2-3-8-18-15/h2-5,8-9,14H,6-7,10-12H2,1H3,(H,20,23). The van der Waals surface area contributed by atoms with Crippen LogP contribution in [0.3, 0.4) is 0 Å². The molecule has 3 rings (SSSR count). The topological polar surface area (TPSA) is 71.0 Å². The average molecular weight is 311 g/mol. The Bertz CT molecular complexity index is 653. The Morgan fingerprint density at radius 2 is 2.04 bits per heavy atom. The van der Waals surface area contributed by atoms with Crippen LogP contribution in [0.1, 0.15) is 24.2 Å². The van der Waals surface area contributed by atoms with Gasteiger partial charge >= 0.3 is 0 Å². The van der Waals surface area contributed by atoms with Crippen molar-refractivity contribution < 1.29 is 4.79 Å². The number of pyridine rings is 1. The summed E-state index contributed by atoms with van der Waals surface area (Å²) in [5, 5.41) is 2.98. The first kappa shape index (κ1) is 15.4. The first-order valence-corrected chi connectivity index (χ1v) is 7.94. The predicted octanol–water partition coefficient (Wildman–Crippen LogP) is 1.71. The number of rotatable bonds is 4. The van der Waals surface area contributed by atoms with Gasteiger partial charge in [-0.3, -0.25) is 9.78 Å². The molecule has 0 saturated carbocycles. The molecule has 3 heterocycles. The van der Waals surface area contributed by atoms with Crippen LogP contribution in [0.4, 0.5) is 5.95 Å². The molecule has 1 fully saturated rings. The molecule has 6 nitrogen and oxygen atoms in total. The van der Waals surface area contributed by atoms with E-state index in [1.807, 2.05) is 31.2 Å². The smallest absolute Gasteiger partial charge is 0.225 e. The first-order valence-electron chi connectivity index (χ1n) is 7.94. The lowest BCUT2D eigenvalue weighted by molar-refractivity contribution is -0.125. The zero-order valence-corrected chi connectivity index (χ0v) is 13.3. The summed E-state index contributed by atoms with van der Waals surface area (Å²) in [5.74, 6) is 0.928. The van der Waals surface area contributed by atoms with E-state index in [9.17, 15) is 4.79 Å². The van der Waals surface area contributed by atoms with Gasteiger partial charge < -0.3 is 10.2 Å². The van der Waals surface area contributed by atoms with Gasteiger partial charge in [0.2, 0.25) is 11.9 Å². The number of hydrogen-bond acceptors (Lipinski definition) is 5. The largest absolute Gasteiger partial charge is 0.350 e. The minimum Gasteiger partial charge on any atom is -0.350 e. The molecule has 1 aliphatic heterocycles. The minimum atomic E-state index is 0.0553. The van der Waals surface area contributed by atoms with E-state index in [0.29, 0.717) is 6.54 Å². The number of amides is 1. The molecule has 6 heteroatoms. The molecule has 0 spiro atoms. The molecule has 1 saturated heterocycles. The molecule has 0 aromatic carbocycles. The fraction of sp³-hybridized carbons (Fsp3) is 0.412. The van der Waals surface area contributed by atoms with Crippen LogP contribution in [-0.2, 0) is 11.3 Å².